The van der Waals surface area contributed by atoms with E-state index >= 15 is 0 Å². The second kappa shape index (κ2) is 3.29. The highest BCUT2D eigenvalue weighted by Gasteiger charge is 2.21. The van der Waals surface area contributed by atoms with E-state index in [1.165, 1.54) is 11.6 Å². The molecule has 0 aliphatic heterocycles. The van der Waals surface area contributed by atoms with Crippen molar-refractivity contribution in [1.29, 1.82) is 0 Å². The quantitative estimate of drug-likeness (QED) is 0.636. The molecule has 0 bridgehead atoms. The fraction of sp³-hybridized carbons (Fsp3) is 0.364. The van der Waals surface area contributed by atoms with Crippen molar-refractivity contribution < 1.29 is 9.18 Å². The second-order valence-corrected chi connectivity index (χ2v) is 3.48. The van der Waals surface area contributed by atoms with Gasteiger partial charge < -0.3 is 4.79 Å². The maximum Gasteiger partial charge on any atom is 0.123 e. The Bertz CT molecular complexity index is 333. The van der Waals surface area contributed by atoms with Crippen LogP contribution in [0.4, 0.5) is 4.39 Å². The fourth-order valence-electron chi connectivity index (χ4n) is 2.02. The Balaban J connectivity index is 2.34. The summed E-state index contributed by atoms with van der Waals surface area (Å²) in [5.41, 5.74) is 2.24. The van der Waals surface area contributed by atoms with E-state index in [0.29, 0.717) is 6.42 Å². The number of carbonyl (C=O) groups is 1. The van der Waals surface area contributed by atoms with Crippen LogP contribution < -0.4 is 0 Å². The molecule has 0 heterocycles. The lowest BCUT2D eigenvalue weighted by molar-refractivity contribution is -0.108. The van der Waals surface area contributed by atoms with Crippen molar-refractivity contribution in [3.05, 3.63) is 35.1 Å². The summed E-state index contributed by atoms with van der Waals surface area (Å²) in [6, 6.07) is 4.88. The smallest absolute Gasteiger partial charge is 0.123 e. The Morgan fingerprint density at radius 1 is 1.54 bits per heavy atom. The molecule has 0 radical (unpaired) electrons. The molecule has 1 aliphatic carbocycles. The van der Waals surface area contributed by atoms with Gasteiger partial charge in [-0.25, -0.2) is 4.39 Å². The fourth-order valence-corrected chi connectivity index (χ4v) is 2.02. The highest BCUT2D eigenvalue weighted by atomic mass is 19.1. The normalized spacial score (nSPS) is 19.9. The summed E-state index contributed by atoms with van der Waals surface area (Å²) in [4.78, 5) is 10.4. The lowest BCUT2D eigenvalue weighted by Gasteiger charge is -2.06. The van der Waals surface area contributed by atoms with Gasteiger partial charge >= 0.3 is 0 Å². The van der Waals surface area contributed by atoms with Crippen LogP contribution in [-0.4, -0.2) is 6.29 Å². The monoisotopic (exact) mass is 178 g/mol. The number of aryl methyl sites for hydroxylation is 1. The molecular formula is C11H11FO. The third kappa shape index (κ3) is 1.48. The standard InChI is InChI=1S/C11H11FO/c12-10-4-3-8-1-2-9(5-6-13)11(8)7-10/h3-4,6-7,9H,1-2,5H2. The predicted octanol–water partition coefficient (Wildman–Crippen LogP) is 2.44. The molecule has 0 aromatic heterocycles. The average molecular weight is 178 g/mol. The molecule has 1 unspecified atom stereocenters. The molecular weight excluding hydrogens is 167 g/mol. The van der Waals surface area contributed by atoms with Gasteiger partial charge in [-0.3, -0.25) is 0 Å². The third-order valence-electron chi connectivity index (χ3n) is 2.69. The molecule has 1 atom stereocenters. The highest BCUT2D eigenvalue weighted by molar-refractivity contribution is 5.53. The van der Waals surface area contributed by atoms with Gasteiger partial charge in [0.2, 0.25) is 0 Å². The van der Waals surface area contributed by atoms with Gasteiger partial charge in [0.05, 0.1) is 0 Å². The van der Waals surface area contributed by atoms with Gasteiger partial charge in [-0.1, -0.05) is 6.07 Å². The van der Waals surface area contributed by atoms with Gasteiger partial charge in [0, 0.05) is 6.42 Å². The van der Waals surface area contributed by atoms with Crippen molar-refractivity contribution in [2.24, 2.45) is 0 Å². The van der Waals surface area contributed by atoms with Gasteiger partial charge in [0.15, 0.2) is 0 Å². The summed E-state index contributed by atoms with van der Waals surface area (Å²) in [5, 5.41) is 0. The van der Waals surface area contributed by atoms with Crippen LogP contribution in [0.1, 0.15) is 29.9 Å². The zero-order valence-electron chi connectivity index (χ0n) is 7.29. The Morgan fingerprint density at radius 3 is 3.15 bits per heavy atom. The van der Waals surface area contributed by atoms with Crippen molar-refractivity contribution >= 4 is 6.29 Å². The number of hydrogen-bond acceptors (Lipinski definition) is 1. The van der Waals surface area contributed by atoms with Crippen LogP contribution in [0.3, 0.4) is 0 Å². The molecule has 1 aliphatic rings. The first kappa shape index (κ1) is 8.42. The topological polar surface area (TPSA) is 17.1 Å². The molecule has 0 N–H and O–H groups in total. The van der Waals surface area contributed by atoms with Crippen molar-refractivity contribution in [2.75, 3.05) is 0 Å². The summed E-state index contributed by atoms with van der Waals surface area (Å²) in [6.07, 6.45) is 3.41. The molecule has 0 saturated carbocycles. The van der Waals surface area contributed by atoms with Crippen molar-refractivity contribution in [3.63, 3.8) is 0 Å². The molecule has 0 amide bonds. The summed E-state index contributed by atoms with van der Waals surface area (Å²) in [6.45, 7) is 0. The number of halogens is 1. The average Bonchev–Trinajstić information content (AvgIpc) is 2.49. The van der Waals surface area contributed by atoms with E-state index in [1.807, 2.05) is 6.07 Å². The van der Waals surface area contributed by atoms with Crippen molar-refractivity contribution in [3.8, 4) is 0 Å². The SMILES string of the molecule is O=CCC1CCc2ccc(F)cc21. The van der Waals surface area contributed by atoms with Gasteiger partial charge in [0.1, 0.15) is 12.1 Å². The van der Waals surface area contributed by atoms with Crippen LogP contribution in [0.2, 0.25) is 0 Å². The van der Waals surface area contributed by atoms with E-state index in [9.17, 15) is 9.18 Å². The molecule has 0 saturated heterocycles. The van der Waals surface area contributed by atoms with Crippen LogP contribution in [0.15, 0.2) is 18.2 Å². The zero-order valence-corrected chi connectivity index (χ0v) is 7.29. The van der Waals surface area contributed by atoms with Crippen molar-refractivity contribution in [2.45, 2.75) is 25.2 Å². The van der Waals surface area contributed by atoms with E-state index in [1.54, 1.807) is 6.07 Å². The Labute approximate surface area is 76.6 Å². The molecule has 1 aromatic rings. The van der Waals surface area contributed by atoms with Gasteiger partial charge in [-0.15, -0.1) is 0 Å². The summed E-state index contributed by atoms with van der Waals surface area (Å²) < 4.78 is 12.9. The minimum atomic E-state index is -0.198. The third-order valence-corrected chi connectivity index (χ3v) is 2.69. The molecule has 1 nitrogen and oxygen atoms in total. The van der Waals surface area contributed by atoms with E-state index in [2.05, 4.69) is 0 Å². The van der Waals surface area contributed by atoms with Crippen LogP contribution in [0, 0.1) is 5.82 Å². The zero-order chi connectivity index (χ0) is 9.26. The Morgan fingerprint density at radius 2 is 2.38 bits per heavy atom. The van der Waals surface area contributed by atoms with Crippen molar-refractivity contribution in [1.82, 2.24) is 0 Å². The number of fused-ring (bicyclic) bond motifs is 1. The molecule has 13 heavy (non-hydrogen) atoms. The Hall–Kier alpha value is -1.18. The molecule has 0 spiro atoms. The first-order valence-electron chi connectivity index (χ1n) is 4.53. The number of rotatable bonds is 2. The highest BCUT2D eigenvalue weighted by Crippen LogP contribution is 2.34. The molecule has 1 aromatic carbocycles. The van der Waals surface area contributed by atoms with E-state index < -0.39 is 0 Å². The lowest BCUT2D eigenvalue weighted by atomic mass is 9.99. The maximum absolute atomic E-state index is 12.9. The van der Waals surface area contributed by atoms with Crippen LogP contribution in [0.5, 0.6) is 0 Å². The van der Waals surface area contributed by atoms with Gasteiger partial charge in [-0.2, -0.15) is 0 Å². The van der Waals surface area contributed by atoms with E-state index in [-0.39, 0.29) is 11.7 Å². The Kier molecular flexibility index (Phi) is 2.13. The summed E-state index contributed by atoms with van der Waals surface area (Å²) >= 11 is 0. The number of aldehydes is 1. The van der Waals surface area contributed by atoms with E-state index in [4.69, 9.17) is 0 Å². The lowest BCUT2D eigenvalue weighted by Crippen LogP contribution is -1.94. The molecule has 68 valence electrons. The minimum absolute atomic E-state index is 0.198. The maximum atomic E-state index is 12.9. The van der Waals surface area contributed by atoms with Crippen LogP contribution in [-0.2, 0) is 11.2 Å². The number of benzene rings is 1. The molecule has 2 heteroatoms. The number of hydrogen-bond donors (Lipinski definition) is 0. The first-order chi connectivity index (χ1) is 6.31. The summed E-state index contributed by atoms with van der Waals surface area (Å²) in [5.74, 6) is 0.0553. The predicted molar refractivity (Wildman–Crippen MR) is 48.1 cm³/mol. The first-order valence-corrected chi connectivity index (χ1v) is 4.53. The van der Waals surface area contributed by atoms with E-state index in [0.717, 1.165) is 24.7 Å². The largest absolute Gasteiger partial charge is 0.303 e. The second-order valence-electron chi connectivity index (χ2n) is 3.48. The summed E-state index contributed by atoms with van der Waals surface area (Å²) in [7, 11) is 0. The van der Waals surface area contributed by atoms with Crippen LogP contribution in [0.25, 0.3) is 0 Å². The molecule has 0 fully saturated rings. The van der Waals surface area contributed by atoms with Crippen LogP contribution >= 0.6 is 0 Å². The minimum Gasteiger partial charge on any atom is -0.303 e. The van der Waals surface area contributed by atoms with Gasteiger partial charge in [0.25, 0.3) is 0 Å². The van der Waals surface area contributed by atoms with Gasteiger partial charge in [-0.05, 0) is 42.0 Å². The molecule has 2 rings (SSSR count). The number of carbonyl (C=O) groups excluding carboxylic acids is 1.